The Morgan fingerprint density at radius 1 is 1.20 bits per heavy atom. The van der Waals surface area contributed by atoms with Crippen LogP contribution in [0.15, 0.2) is 41.1 Å². The Bertz CT molecular complexity index is 408. The van der Waals surface area contributed by atoms with Crippen molar-refractivity contribution in [1.82, 2.24) is 0 Å². The van der Waals surface area contributed by atoms with Gasteiger partial charge in [0.1, 0.15) is 5.82 Å². The largest absolute Gasteiger partial charge is 0.207 e. The fourth-order valence-electron chi connectivity index (χ4n) is 1.41. The van der Waals surface area contributed by atoms with Gasteiger partial charge < -0.3 is 0 Å². The molecule has 0 bridgehead atoms. The van der Waals surface area contributed by atoms with E-state index in [2.05, 4.69) is 32.8 Å². The first kappa shape index (κ1) is 10.8. The van der Waals surface area contributed by atoms with E-state index in [1.807, 2.05) is 12.1 Å². The molecule has 15 heavy (non-hydrogen) atoms. The lowest BCUT2D eigenvalue weighted by molar-refractivity contribution is 0.627. The smallest absolute Gasteiger partial charge is 0.123 e. The Balaban J connectivity index is 2.08. The summed E-state index contributed by atoms with van der Waals surface area (Å²) < 4.78 is 12.7. The predicted octanol–water partition coefficient (Wildman–Crippen LogP) is 4.57. The van der Waals surface area contributed by atoms with Crippen molar-refractivity contribution >= 4 is 27.3 Å². The number of rotatable bonds is 3. The molecule has 1 atom stereocenters. The molecule has 0 nitrogen and oxygen atoms in total. The van der Waals surface area contributed by atoms with Crippen molar-refractivity contribution in [2.45, 2.75) is 11.2 Å². The molecular weight excluding hydrogens is 275 g/mol. The summed E-state index contributed by atoms with van der Waals surface area (Å²) in [5, 5.41) is 4.21. The molecule has 3 heteroatoms. The van der Waals surface area contributed by atoms with E-state index in [9.17, 15) is 4.39 Å². The van der Waals surface area contributed by atoms with Crippen LogP contribution < -0.4 is 0 Å². The van der Waals surface area contributed by atoms with Gasteiger partial charge in [-0.3, -0.25) is 0 Å². The zero-order valence-corrected chi connectivity index (χ0v) is 10.4. The molecule has 2 aromatic rings. The van der Waals surface area contributed by atoms with E-state index >= 15 is 0 Å². The number of alkyl halides is 1. The summed E-state index contributed by atoms with van der Waals surface area (Å²) in [4.78, 5) is 0.257. The molecule has 0 saturated carbocycles. The average Bonchev–Trinajstić information content (AvgIpc) is 2.71. The highest BCUT2D eigenvalue weighted by Crippen LogP contribution is 2.27. The van der Waals surface area contributed by atoms with Gasteiger partial charge in [0, 0.05) is 4.83 Å². The average molecular weight is 285 g/mol. The van der Waals surface area contributed by atoms with Gasteiger partial charge in [-0.2, -0.15) is 11.3 Å². The molecule has 1 aromatic carbocycles. The van der Waals surface area contributed by atoms with Crippen molar-refractivity contribution in [3.8, 4) is 0 Å². The van der Waals surface area contributed by atoms with Crippen molar-refractivity contribution in [2.75, 3.05) is 0 Å². The lowest BCUT2D eigenvalue weighted by Gasteiger charge is -2.08. The topological polar surface area (TPSA) is 0 Å². The van der Waals surface area contributed by atoms with E-state index in [4.69, 9.17) is 0 Å². The van der Waals surface area contributed by atoms with E-state index in [0.29, 0.717) is 0 Å². The van der Waals surface area contributed by atoms with Crippen molar-refractivity contribution < 1.29 is 4.39 Å². The Hall–Kier alpha value is -0.670. The SMILES string of the molecule is Fc1ccc(C(Br)Cc2ccsc2)cc1. The van der Waals surface area contributed by atoms with E-state index in [1.165, 1.54) is 17.7 Å². The Morgan fingerprint density at radius 3 is 2.53 bits per heavy atom. The summed E-state index contributed by atoms with van der Waals surface area (Å²) >= 11 is 5.31. The normalized spacial score (nSPS) is 12.7. The highest BCUT2D eigenvalue weighted by atomic mass is 79.9. The Labute approximate surface area is 101 Å². The minimum Gasteiger partial charge on any atom is -0.207 e. The fraction of sp³-hybridized carbons (Fsp3) is 0.167. The van der Waals surface area contributed by atoms with Crippen LogP contribution in [0.4, 0.5) is 4.39 Å². The summed E-state index contributed by atoms with van der Waals surface area (Å²) in [6.45, 7) is 0. The van der Waals surface area contributed by atoms with Gasteiger partial charge in [0.25, 0.3) is 0 Å². The number of halogens is 2. The molecule has 0 aliphatic heterocycles. The second-order valence-electron chi connectivity index (χ2n) is 3.35. The maximum atomic E-state index is 12.7. The Kier molecular flexibility index (Phi) is 3.54. The standard InChI is InChI=1S/C12H10BrFS/c13-12(7-9-5-6-15-8-9)10-1-3-11(14)4-2-10/h1-6,8,12H,7H2. The van der Waals surface area contributed by atoms with Gasteiger partial charge in [0.2, 0.25) is 0 Å². The summed E-state index contributed by atoms with van der Waals surface area (Å²) in [5.41, 5.74) is 2.42. The molecule has 0 aliphatic rings. The van der Waals surface area contributed by atoms with Crippen LogP contribution in [0.3, 0.4) is 0 Å². The lowest BCUT2D eigenvalue weighted by atomic mass is 10.1. The molecule has 0 radical (unpaired) electrons. The molecule has 2 rings (SSSR count). The third-order valence-electron chi connectivity index (χ3n) is 2.23. The van der Waals surface area contributed by atoms with Crippen LogP contribution in [-0.4, -0.2) is 0 Å². The maximum absolute atomic E-state index is 12.7. The van der Waals surface area contributed by atoms with Crippen molar-refractivity contribution in [3.63, 3.8) is 0 Å². The lowest BCUT2D eigenvalue weighted by Crippen LogP contribution is -1.94. The van der Waals surface area contributed by atoms with Gasteiger partial charge in [0.05, 0.1) is 0 Å². The van der Waals surface area contributed by atoms with Gasteiger partial charge in [-0.25, -0.2) is 4.39 Å². The summed E-state index contributed by atoms with van der Waals surface area (Å²) in [5.74, 6) is -0.186. The Morgan fingerprint density at radius 2 is 1.93 bits per heavy atom. The minimum absolute atomic E-state index is 0.186. The molecule has 0 N–H and O–H groups in total. The first-order chi connectivity index (χ1) is 7.25. The maximum Gasteiger partial charge on any atom is 0.123 e. The first-order valence-corrected chi connectivity index (χ1v) is 6.52. The number of hydrogen-bond donors (Lipinski definition) is 0. The summed E-state index contributed by atoms with van der Waals surface area (Å²) in [7, 11) is 0. The van der Waals surface area contributed by atoms with Crippen LogP contribution >= 0.6 is 27.3 Å². The van der Waals surface area contributed by atoms with E-state index in [-0.39, 0.29) is 10.6 Å². The van der Waals surface area contributed by atoms with Crippen LogP contribution in [0, 0.1) is 5.82 Å². The van der Waals surface area contributed by atoms with Gasteiger partial charge >= 0.3 is 0 Å². The van der Waals surface area contributed by atoms with Crippen molar-refractivity contribution in [2.24, 2.45) is 0 Å². The fourth-order valence-corrected chi connectivity index (χ4v) is 2.77. The zero-order valence-electron chi connectivity index (χ0n) is 7.99. The highest BCUT2D eigenvalue weighted by Gasteiger charge is 2.08. The van der Waals surface area contributed by atoms with Crippen LogP contribution in [0.25, 0.3) is 0 Å². The molecule has 0 spiro atoms. The molecule has 78 valence electrons. The molecule has 0 fully saturated rings. The second kappa shape index (κ2) is 4.90. The van der Waals surface area contributed by atoms with Crippen molar-refractivity contribution in [1.29, 1.82) is 0 Å². The second-order valence-corrected chi connectivity index (χ2v) is 5.24. The van der Waals surface area contributed by atoms with E-state index in [1.54, 1.807) is 11.3 Å². The minimum atomic E-state index is -0.186. The highest BCUT2D eigenvalue weighted by molar-refractivity contribution is 9.09. The molecular formula is C12H10BrFS. The van der Waals surface area contributed by atoms with Crippen LogP contribution in [-0.2, 0) is 6.42 Å². The van der Waals surface area contributed by atoms with Gasteiger partial charge in [0.15, 0.2) is 0 Å². The summed E-state index contributed by atoms with van der Waals surface area (Å²) in [6.07, 6.45) is 0.940. The van der Waals surface area contributed by atoms with Gasteiger partial charge in [-0.05, 0) is 46.5 Å². The summed E-state index contributed by atoms with van der Waals surface area (Å²) in [6, 6.07) is 8.75. The van der Waals surface area contributed by atoms with Crippen LogP contribution in [0.5, 0.6) is 0 Å². The number of thiophene rings is 1. The number of benzene rings is 1. The molecule has 0 saturated heterocycles. The first-order valence-electron chi connectivity index (χ1n) is 4.66. The monoisotopic (exact) mass is 284 g/mol. The van der Waals surface area contributed by atoms with Gasteiger partial charge in [-0.15, -0.1) is 0 Å². The van der Waals surface area contributed by atoms with E-state index in [0.717, 1.165) is 12.0 Å². The quantitative estimate of drug-likeness (QED) is 0.725. The predicted molar refractivity (Wildman–Crippen MR) is 66.1 cm³/mol. The third-order valence-corrected chi connectivity index (χ3v) is 3.81. The van der Waals surface area contributed by atoms with Crippen LogP contribution in [0.2, 0.25) is 0 Å². The third kappa shape index (κ3) is 2.89. The molecule has 1 heterocycles. The molecule has 1 aromatic heterocycles. The van der Waals surface area contributed by atoms with Crippen LogP contribution in [0.1, 0.15) is 16.0 Å². The zero-order chi connectivity index (χ0) is 10.7. The number of hydrogen-bond acceptors (Lipinski definition) is 1. The van der Waals surface area contributed by atoms with Gasteiger partial charge in [-0.1, -0.05) is 28.1 Å². The molecule has 1 unspecified atom stereocenters. The van der Waals surface area contributed by atoms with Crippen molar-refractivity contribution in [3.05, 3.63) is 58.0 Å². The molecule has 0 amide bonds. The molecule has 0 aliphatic carbocycles. The van der Waals surface area contributed by atoms with E-state index < -0.39 is 0 Å².